The fourth-order valence-electron chi connectivity index (χ4n) is 3.80. The number of benzene rings is 1. The van der Waals surface area contributed by atoms with Gasteiger partial charge in [-0.3, -0.25) is 10.00 Å². The molecule has 2 N–H and O–H groups in total. The summed E-state index contributed by atoms with van der Waals surface area (Å²) in [6.07, 6.45) is -5.14. The minimum atomic E-state index is -4.69. The van der Waals surface area contributed by atoms with Crippen LogP contribution < -0.4 is 14.8 Å². The zero-order valence-electron chi connectivity index (χ0n) is 26.5. The Morgan fingerprint density at radius 2 is 1.76 bits per heavy atom. The third kappa shape index (κ3) is 9.63. The number of alkyl halides is 3. The summed E-state index contributed by atoms with van der Waals surface area (Å²) in [5.41, 5.74) is -1.86. The molecule has 4 rings (SSSR count). The van der Waals surface area contributed by atoms with Gasteiger partial charge in [0.05, 0.1) is 35.4 Å². The third-order valence-corrected chi connectivity index (χ3v) is 9.24. The van der Waals surface area contributed by atoms with E-state index in [-0.39, 0.29) is 49.4 Å². The first-order valence-electron chi connectivity index (χ1n) is 13.5. The van der Waals surface area contributed by atoms with Gasteiger partial charge in [-0.25, -0.2) is 31.9 Å². The summed E-state index contributed by atoms with van der Waals surface area (Å²) < 4.78 is 94.3. The van der Waals surface area contributed by atoms with Crippen LogP contribution in [0.4, 0.5) is 28.3 Å². The number of amides is 2. The number of halogens is 6. The Morgan fingerprint density at radius 1 is 1.10 bits per heavy atom. The smallest absolute Gasteiger partial charge is 0.434 e. The summed E-state index contributed by atoms with van der Waals surface area (Å²) >= 11 is 9.54. The van der Waals surface area contributed by atoms with Crippen molar-refractivity contribution in [2.45, 2.75) is 37.9 Å². The van der Waals surface area contributed by atoms with Crippen molar-refractivity contribution in [1.82, 2.24) is 29.5 Å². The number of aromatic nitrogens is 5. The lowest BCUT2D eigenvalue weighted by Gasteiger charge is -2.11. The highest BCUT2D eigenvalue weighted by Gasteiger charge is 2.39. The number of esters is 2. The molecule has 0 unspecified atom stereocenters. The van der Waals surface area contributed by atoms with Gasteiger partial charge in [-0.05, 0) is 60.3 Å². The highest BCUT2D eigenvalue weighted by atomic mass is 79.9. The van der Waals surface area contributed by atoms with Gasteiger partial charge < -0.3 is 14.2 Å². The van der Waals surface area contributed by atoms with E-state index in [1.54, 1.807) is 18.6 Å². The average molecular weight is 831 g/mol. The second-order valence-electron chi connectivity index (χ2n) is 9.76. The van der Waals surface area contributed by atoms with Gasteiger partial charge in [0, 0.05) is 12.6 Å². The molecule has 0 radical (unpaired) electrons. The molecule has 0 saturated heterocycles. The second-order valence-corrected chi connectivity index (χ2v) is 13.5. The predicted octanol–water partition coefficient (Wildman–Crippen LogP) is 5.77. The lowest BCUT2D eigenvalue weighted by Crippen LogP contribution is -2.35. The highest BCUT2D eigenvalue weighted by molar-refractivity contribution is 9.10. The van der Waals surface area contributed by atoms with Crippen LogP contribution in [0.2, 0.25) is 5.02 Å². The summed E-state index contributed by atoms with van der Waals surface area (Å²) in [4.78, 5) is 46.5. The summed E-state index contributed by atoms with van der Waals surface area (Å²) in [5.74, 6) is -2.50. The van der Waals surface area contributed by atoms with Gasteiger partial charge in [-0.2, -0.15) is 33.2 Å². The molecule has 0 aliphatic heterocycles. The number of ether oxygens (including phenoxy) is 3. The molecule has 50 heavy (non-hydrogen) atoms. The Labute approximate surface area is 298 Å². The van der Waals surface area contributed by atoms with E-state index in [0.717, 1.165) is 37.6 Å². The Bertz CT molecular complexity index is 2040. The van der Waals surface area contributed by atoms with Crippen LogP contribution in [-0.2, 0) is 32.7 Å². The molecule has 0 fully saturated rings. The number of sulfonamides is 1. The molecule has 0 atom stereocenters. The number of methoxy groups -OCH3 is 2. The van der Waals surface area contributed by atoms with Gasteiger partial charge in [0.1, 0.15) is 27.1 Å². The number of carbonyl (C=O) groups excluding carboxylic acids is 3. The Morgan fingerprint density at radius 3 is 2.32 bits per heavy atom. The van der Waals surface area contributed by atoms with Crippen molar-refractivity contribution in [3.63, 3.8) is 0 Å². The molecule has 2 amide bonds. The van der Waals surface area contributed by atoms with E-state index in [2.05, 4.69) is 46.0 Å². The quantitative estimate of drug-likeness (QED) is 0.161. The van der Waals surface area contributed by atoms with Crippen LogP contribution in [0.15, 0.2) is 32.9 Å². The minimum Gasteiger partial charge on any atom is -0.467 e. The number of aryl methyl sites for hydroxylation is 2. The molecule has 4 aromatic rings. The SMILES string of the molecule is CC(C)OC(=O)c1cc(-c2nn(C)c(C(F)(F)F)c2Br)c(F)cc1Cl.COC(=O)c1sccc1S(=O)(=O)NC(=O)Nc1nc(C)nc(OC)n1. The first kappa shape index (κ1) is 40.0. The molecule has 0 aliphatic carbocycles. The van der Waals surface area contributed by atoms with E-state index in [0.29, 0.717) is 4.68 Å². The van der Waals surface area contributed by atoms with E-state index in [9.17, 15) is 40.4 Å². The van der Waals surface area contributed by atoms with Gasteiger partial charge in [0.15, 0.2) is 5.69 Å². The Kier molecular flexibility index (Phi) is 12.9. The summed E-state index contributed by atoms with van der Waals surface area (Å²) in [6.45, 7) is 4.76. The van der Waals surface area contributed by atoms with Crippen LogP contribution in [-0.4, -0.2) is 71.4 Å². The van der Waals surface area contributed by atoms with Gasteiger partial charge in [0.2, 0.25) is 5.95 Å². The number of hydrogen-bond acceptors (Lipinski definition) is 13. The summed E-state index contributed by atoms with van der Waals surface area (Å²) in [5, 5.41) is 7.04. The van der Waals surface area contributed by atoms with Crippen molar-refractivity contribution in [3.05, 3.63) is 60.9 Å². The van der Waals surface area contributed by atoms with Gasteiger partial charge in [-0.1, -0.05) is 11.6 Å². The fraction of sp³-hybridized carbons (Fsp3) is 0.296. The van der Waals surface area contributed by atoms with E-state index in [1.807, 2.05) is 0 Å². The molecule has 0 saturated carbocycles. The molecule has 0 bridgehead atoms. The zero-order chi connectivity index (χ0) is 37.7. The normalized spacial score (nSPS) is 11.4. The zero-order valence-corrected chi connectivity index (χ0v) is 30.4. The van der Waals surface area contributed by atoms with Gasteiger partial charge >= 0.3 is 30.2 Å². The number of urea groups is 1. The number of thiophene rings is 1. The van der Waals surface area contributed by atoms with Gasteiger partial charge in [0.25, 0.3) is 10.0 Å². The maximum absolute atomic E-state index is 14.3. The van der Waals surface area contributed by atoms with Crippen molar-refractivity contribution in [2.24, 2.45) is 7.05 Å². The average Bonchev–Trinajstić information content (AvgIpc) is 3.61. The van der Waals surface area contributed by atoms with E-state index in [1.165, 1.54) is 25.5 Å². The van der Waals surface area contributed by atoms with Crippen LogP contribution in [0.1, 0.15) is 45.4 Å². The van der Waals surface area contributed by atoms with Crippen molar-refractivity contribution >= 4 is 72.8 Å². The van der Waals surface area contributed by atoms with Crippen LogP contribution in [0, 0.1) is 12.7 Å². The molecular weight excluding hydrogens is 806 g/mol. The molecule has 15 nitrogen and oxygen atoms in total. The lowest BCUT2D eigenvalue weighted by molar-refractivity contribution is -0.144. The van der Waals surface area contributed by atoms with Crippen LogP contribution >= 0.6 is 38.9 Å². The number of nitrogens with zero attached hydrogens (tertiary/aromatic N) is 5. The maximum Gasteiger partial charge on any atom is 0.434 e. The highest BCUT2D eigenvalue weighted by Crippen LogP contribution is 2.41. The minimum absolute atomic E-state index is 0.0449. The molecule has 0 aliphatic rings. The van der Waals surface area contributed by atoms with Crippen LogP contribution in [0.25, 0.3) is 11.3 Å². The van der Waals surface area contributed by atoms with Crippen molar-refractivity contribution in [3.8, 4) is 17.3 Å². The standard InChI is InChI=1S/C15H12BrClF4N2O2.C12H13N5O6S2/c1-6(2)25-14(24)7-4-8(10(18)5-9(7)17)12-11(16)13(15(19,20)21)23(3)22-12;1-6-13-10(16-12(14-6)23-3)15-11(19)17-25(20,21)7-4-5-24-8(7)9(18)22-2/h4-6H,1-3H3;4-5H,1-3H3,(H2,13,14,15,16,17,19). The number of anilines is 1. The predicted molar refractivity (Wildman–Crippen MR) is 173 cm³/mol. The van der Waals surface area contributed by atoms with Crippen LogP contribution in [0.5, 0.6) is 6.01 Å². The van der Waals surface area contributed by atoms with Crippen molar-refractivity contribution in [2.75, 3.05) is 19.5 Å². The molecule has 23 heteroatoms. The number of carbonyl (C=O) groups is 3. The van der Waals surface area contributed by atoms with Crippen LogP contribution in [0.3, 0.4) is 0 Å². The van der Waals surface area contributed by atoms with Crippen molar-refractivity contribution < 1.29 is 54.6 Å². The molecule has 270 valence electrons. The third-order valence-electron chi connectivity index (χ3n) is 5.78. The largest absolute Gasteiger partial charge is 0.467 e. The molecular formula is C27H25BrClF4N7O8S2. The van der Waals surface area contributed by atoms with E-state index >= 15 is 0 Å². The molecule has 3 aromatic heterocycles. The van der Waals surface area contributed by atoms with Gasteiger partial charge in [-0.15, -0.1) is 11.3 Å². The number of hydrogen-bond donors (Lipinski definition) is 2. The maximum atomic E-state index is 14.3. The first-order valence-corrected chi connectivity index (χ1v) is 17.0. The molecule has 0 spiro atoms. The monoisotopic (exact) mass is 829 g/mol. The summed E-state index contributed by atoms with van der Waals surface area (Å²) in [7, 11) is -0.773. The summed E-state index contributed by atoms with van der Waals surface area (Å²) in [6, 6.07) is 1.88. The Balaban J connectivity index is 0.000000270. The van der Waals surface area contributed by atoms with E-state index in [4.69, 9.17) is 21.1 Å². The first-order chi connectivity index (χ1) is 23.2. The Hall–Kier alpha value is -4.41. The number of nitrogens with one attached hydrogen (secondary N) is 2. The van der Waals surface area contributed by atoms with E-state index < -0.39 is 56.3 Å². The fourth-order valence-corrected chi connectivity index (χ4v) is 7.05. The lowest BCUT2D eigenvalue weighted by atomic mass is 10.1. The second kappa shape index (κ2) is 16.1. The number of rotatable bonds is 8. The topological polar surface area (TPSA) is 194 Å². The van der Waals surface area contributed by atoms with Crippen molar-refractivity contribution in [1.29, 1.82) is 0 Å². The molecule has 1 aromatic carbocycles. The molecule has 3 heterocycles.